The van der Waals surface area contributed by atoms with E-state index in [4.69, 9.17) is 5.73 Å². The van der Waals surface area contributed by atoms with Crippen LogP contribution in [0.1, 0.15) is 29.6 Å². The van der Waals surface area contributed by atoms with Crippen LogP contribution in [0, 0.1) is 10.1 Å². The van der Waals surface area contributed by atoms with E-state index in [9.17, 15) is 14.9 Å². The highest BCUT2D eigenvalue weighted by Crippen LogP contribution is 2.33. The fourth-order valence-electron chi connectivity index (χ4n) is 3.41. The number of amides is 1. The van der Waals surface area contributed by atoms with Gasteiger partial charge in [0.2, 0.25) is 5.91 Å². The minimum Gasteiger partial charge on any atom is -0.375 e. The molecule has 2 heterocycles. The van der Waals surface area contributed by atoms with Crippen LogP contribution in [0.3, 0.4) is 0 Å². The first-order chi connectivity index (χ1) is 10.1. The quantitative estimate of drug-likeness (QED) is 0.643. The van der Waals surface area contributed by atoms with Crippen molar-refractivity contribution in [2.75, 3.05) is 18.4 Å². The molecule has 0 saturated carbocycles. The van der Waals surface area contributed by atoms with Crippen molar-refractivity contribution in [2.24, 2.45) is 5.73 Å². The number of benzene rings is 1. The van der Waals surface area contributed by atoms with E-state index in [1.807, 2.05) is 0 Å². The van der Waals surface area contributed by atoms with E-state index < -0.39 is 10.8 Å². The smallest absolute Gasteiger partial charge is 0.293 e. The molecule has 2 fully saturated rings. The zero-order valence-corrected chi connectivity index (χ0v) is 11.6. The van der Waals surface area contributed by atoms with E-state index in [0.717, 1.165) is 25.9 Å². The highest BCUT2D eigenvalue weighted by Gasteiger charge is 2.37. The molecule has 7 heteroatoms. The number of anilines is 1. The number of primary amides is 1. The summed E-state index contributed by atoms with van der Waals surface area (Å²) in [6.07, 6.45) is 3.30. The van der Waals surface area contributed by atoms with Crippen LogP contribution >= 0.6 is 0 Å². The number of rotatable bonds is 4. The second kappa shape index (κ2) is 5.33. The zero-order chi connectivity index (χ0) is 15.0. The average Bonchev–Trinajstić information content (AvgIpc) is 3.03. The largest absolute Gasteiger partial charge is 0.375 e. The number of nitrogens with zero attached hydrogens (tertiary/aromatic N) is 2. The van der Waals surface area contributed by atoms with Gasteiger partial charge in [-0.2, -0.15) is 0 Å². The van der Waals surface area contributed by atoms with Gasteiger partial charge in [-0.3, -0.25) is 19.8 Å². The van der Waals surface area contributed by atoms with Crippen LogP contribution in [0.5, 0.6) is 0 Å². The molecule has 1 aromatic rings. The molecule has 21 heavy (non-hydrogen) atoms. The van der Waals surface area contributed by atoms with E-state index in [1.54, 1.807) is 6.07 Å². The highest BCUT2D eigenvalue weighted by molar-refractivity contribution is 5.94. The maximum atomic E-state index is 11.2. The molecule has 0 bridgehead atoms. The molecule has 7 nitrogen and oxygen atoms in total. The number of fused-ring (bicyclic) bond motifs is 1. The van der Waals surface area contributed by atoms with Crippen LogP contribution < -0.4 is 11.1 Å². The summed E-state index contributed by atoms with van der Waals surface area (Å²) in [5.41, 5.74) is 5.70. The predicted molar refractivity (Wildman–Crippen MR) is 78.2 cm³/mol. The van der Waals surface area contributed by atoms with Crippen molar-refractivity contribution in [2.45, 2.75) is 31.3 Å². The third-order valence-corrected chi connectivity index (χ3v) is 4.43. The SMILES string of the molecule is NC(=O)c1ccc(NC2CCN3CCCC23)c([N+](=O)[O-])c1. The molecule has 2 saturated heterocycles. The molecule has 2 unspecified atom stereocenters. The molecule has 0 aromatic heterocycles. The Balaban J connectivity index is 1.84. The van der Waals surface area contributed by atoms with Gasteiger partial charge in [-0.1, -0.05) is 0 Å². The van der Waals surface area contributed by atoms with Crippen molar-refractivity contribution >= 4 is 17.3 Å². The van der Waals surface area contributed by atoms with Gasteiger partial charge in [0.05, 0.1) is 4.92 Å². The van der Waals surface area contributed by atoms with Crippen LogP contribution in [0.4, 0.5) is 11.4 Å². The van der Waals surface area contributed by atoms with E-state index in [2.05, 4.69) is 10.2 Å². The Labute approximate surface area is 122 Å². The highest BCUT2D eigenvalue weighted by atomic mass is 16.6. The summed E-state index contributed by atoms with van der Waals surface area (Å²) in [7, 11) is 0. The number of nitrogens with one attached hydrogen (secondary N) is 1. The van der Waals surface area contributed by atoms with Gasteiger partial charge < -0.3 is 11.1 Å². The van der Waals surface area contributed by atoms with Gasteiger partial charge in [-0.25, -0.2) is 0 Å². The van der Waals surface area contributed by atoms with Gasteiger partial charge in [0, 0.05) is 30.3 Å². The molecule has 3 rings (SSSR count). The van der Waals surface area contributed by atoms with E-state index in [-0.39, 0.29) is 17.3 Å². The molecule has 1 aromatic carbocycles. The van der Waals surface area contributed by atoms with Crippen molar-refractivity contribution in [1.29, 1.82) is 0 Å². The Morgan fingerprint density at radius 3 is 2.90 bits per heavy atom. The second-order valence-corrected chi connectivity index (χ2v) is 5.64. The molecule has 0 spiro atoms. The summed E-state index contributed by atoms with van der Waals surface area (Å²) in [6, 6.07) is 5.03. The fraction of sp³-hybridized carbons (Fsp3) is 0.500. The molecule has 0 radical (unpaired) electrons. The maximum Gasteiger partial charge on any atom is 0.293 e. The van der Waals surface area contributed by atoms with Gasteiger partial charge in [0.15, 0.2) is 0 Å². The monoisotopic (exact) mass is 290 g/mol. The van der Waals surface area contributed by atoms with Crippen LogP contribution in [-0.2, 0) is 0 Å². The van der Waals surface area contributed by atoms with Crippen molar-refractivity contribution in [3.05, 3.63) is 33.9 Å². The van der Waals surface area contributed by atoms with Crippen molar-refractivity contribution in [3.8, 4) is 0 Å². The van der Waals surface area contributed by atoms with Gasteiger partial charge >= 0.3 is 0 Å². The first-order valence-electron chi connectivity index (χ1n) is 7.15. The molecule has 2 aliphatic rings. The van der Waals surface area contributed by atoms with Gasteiger partial charge in [-0.05, 0) is 37.9 Å². The molecule has 1 amide bonds. The van der Waals surface area contributed by atoms with Crippen molar-refractivity contribution in [1.82, 2.24) is 4.90 Å². The Morgan fingerprint density at radius 2 is 2.19 bits per heavy atom. The third kappa shape index (κ3) is 2.56. The van der Waals surface area contributed by atoms with Crippen LogP contribution in [0.25, 0.3) is 0 Å². The fourth-order valence-corrected chi connectivity index (χ4v) is 3.41. The Hall–Kier alpha value is -2.15. The lowest BCUT2D eigenvalue weighted by atomic mass is 10.1. The molecular formula is C14H18N4O3. The topological polar surface area (TPSA) is 102 Å². The number of nitrogens with two attached hydrogens (primary N) is 1. The summed E-state index contributed by atoms with van der Waals surface area (Å²) < 4.78 is 0. The number of nitro groups is 1. The number of carbonyl (C=O) groups is 1. The number of nitro benzene ring substituents is 1. The minimum absolute atomic E-state index is 0.0947. The van der Waals surface area contributed by atoms with Crippen LogP contribution in [0.2, 0.25) is 0 Å². The molecule has 0 aliphatic carbocycles. The van der Waals surface area contributed by atoms with Crippen molar-refractivity contribution in [3.63, 3.8) is 0 Å². The molecule has 3 N–H and O–H groups in total. The first-order valence-corrected chi connectivity index (χ1v) is 7.15. The summed E-state index contributed by atoms with van der Waals surface area (Å²) in [5.74, 6) is -0.660. The standard InChI is InChI=1S/C14H18N4O3/c15-14(19)9-3-4-10(13(8-9)18(20)21)16-11-5-7-17-6-1-2-12(11)17/h3-4,8,11-12,16H,1-2,5-7H2,(H2,15,19). The van der Waals surface area contributed by atoms with E-state index >= 15 is 0 Å². The van der Waals surface area contributed by atoms with E-state index in [0.29, 0.717) is 11.7 Å². The Kier molecular flexibility index (Phi) is 3.50. The lowest BCUT2D eigenvalue weighted by Gasteiger charge is -2.22. The third-order valence-electron chi connectivity index (χ3n) is 4.43. The second-order valence-electron chi connectivity index (χ2n) is 5.64. The number of hydrogen-bond donors (Lipinski definition) is 2. The van der Waals surface area contributed by atoms with Gasteiger partial charge in [-0.15, -0.1) is 0 Å². The molecular weight excluding hydrogens is 272 g/mol. The number of carbonyl (C=O) groups excluding carboxylic acids is 1. The van der Waals surface area contributed by atoms with Gasteiger partial charge in [0.25, 0.3) is 5.69 Å². The predicted octanol–water partition coefficient (Wildman–Crippen LogP) is 1.34. The molecule has 2 atom stereocenters. The van der Waals surface area contributed by atoms with E-state index in [1.165, 1.54) is 18.6 Å². The lowest BCUT2D eigenvalue weighted by Crippen LogP contribution is -2.33. The summed E-state index contributed by atoms with van der Waals surface area (Å²) >= 11 is 0. The van der Waals surface area contributed by atoms with Crippen molar-refractivity contribution < 1.29 is 9.72 Å². The average molecular weight is 290 g/mol. The van der Waals surface area contributed by atoms with Crippen LogP contribution in [0.15, 0.2) is 18.2 Å². The zero-order valence-electron chi connectivity index (χ0n) is 11.6. The number of hydrogen-bond acceptors (Lipinski definition) is 5. The van der Waals surface area contributed by atoms with Gasteiger partial charge in [0.1, 0.15) is 5.69 Å². The van der Waals surface area contributed by atoms with Crippen LogP contribution in [-0.4, -0.2) is 40.9 Å². The summed E-state index contributed by atoms with van der Waals surface area (Å²) in [6.45, 7) is 2.15. The lowest BCUT2D eigenvalue weighted by molar-refractivity contribution is -0.384. The molecule has 2 aliphatic heterocycles. The minimum atomic E-state index is -0.660. The maximum absolute atomic E-state index is 11.2. The summed E-state index contributed by atoms with van der Waals surface area (Å²) in [5, 5.41) is 14.5. The summed E-state index contributed by atoms with van der Waals surface area (Å²) in [4.78, 5) is 24.3. The Morgan fingerprint density at radius 1 is 1.38 bits per heavy atom. The first kappa shape index (κ1) is 13.8. The Bertz CT molecular complexity index is 590. The normalized spacial score (nSPS) is 24.8. The molecule has 112 valence electrons.